The SMILES string of the molecule is COc1ccc(C2CC(c3cccs3)=NN2C(=O)CN(C)C(=O)C2CC2)cc1OC. The van der Waals surface area contributed by atoms with Crippen LogP contribution in [-0.4, -0.2) is 55.2 Å². The third-order valence-electron chi connectivity index (χ3n) is 5.44. The topological polar surface area (TPSA) is 71.4 Å². The third-order valence-corrected chi connectivity index (χ3v) is 6.36. The Morgan fingerprint density at radius 2 is 1.97 bits per heavy atom. The maximum absolute atomic E-state index is 13.2. The molecule has 30 heavy (non-hydrogen) atoms. The number of nitrogens with zero attached hydrogens (tertiary/aromatic N) is 3. The molecule has 2 aliphatic rings. The van der Waals surface area contributed by atoms with Gasteiger partial charge in [0.05, 0.1) is 30.9 Å². The maximum Gasteiger partial charge on any atom is 0.262 e. The summed E-state index contributed by atoms with van der Waals surface area (Å²) in [6.45, 7) is 0.0142. The zero-order valence-corrected chi connectivity index (χ0v) is 18.1. The molecule has 2 heterocycles. The van der Waals surface area contributed by atoms with Gasteiger partial charge in [0.25, 0.3) is 5.91 Å². The Bertz CT molecular complexity index is 969. The van der Waals surface area contributed by atoms with E-state index in [1.54, 1.807) is 32.6 Å². The van der Waals surface area contributed by atoms with E-state index < -0.39 is 0 Å². The molecule has 8 heteroatoms. The number of amides is 2. The molecule has 0 radical (unpaired) electrons. The van der Waals surface area contributed by atoms with Gasteiger partial charge in [-0.15, -0.1) is 11.3 Å². The predicted octanol–water partition coefficient (Wildman–Crippen LogP) is 3.31. The minimum atomic E-state index is -0.265. The molecule has 2 amide bonds. The third kappa shape index (κ3) is 4.05. The van der Waals surface area contributed by atoms with Gasteiger partial charge < -0.3 is 14.4 Å². The second-order valence-corrected chi connectivity index (χ2v) is 8.51. The van der Waals surface area contributed by atoms with Crippen LogP contribution in [-0.2, 0) is 9.59 Å². The highest BCUT2D eigenvalue weighted by molar-refractivity contribution is 7.12. The first-order valence-electron chi connectivity index (χ1n) is 9.92. The van der Waals surface area contributed by atoms with Crippen LogP contribution < -0.4 is 9.47 Å². The molecule has 158 valence electrons. The first kappa shape index (κ1) is 20.4. The van der Waals surface area contributed by atoms with Crippen LogP contribution in [0.1, 0.15) is 35.7 Å². The molecule has 1 aliphatic heterocycles. The van der Waals surface area contributed by atoms with E-state index in [-0.39, 0.29) is 30.3 Å². The highest BCUT2D eigenvalue weighted by Crippen LogP contribution is 2.38. The Hall–Kier alpha value is -2.87. The molecule has 0 bridgehead atoms. The number of benzene rings is 1. The normalized spacial score (nSPS) is 18.2. The van der Waals surface area contributed by atoms with Gasteiger partial charge >= 0.3 is 0 Å². The lowest BCUT2D eigenvalue weighted by molar-refractivity contribution is -0.141. The summed E-state index contributed by atoms with van der Waals surface area (Å²) in [7, 11) is 4.86. The fraction of sp³-hybridized carbons (Fsp3) is 0.409. The lowest BCUT2D eigenvalue weighted by Crippen LogP contribution is -2.39. The van der Waals surface area contributed by atoms with E-state index in [0.717, 1.165) is 29.0 Å². The maximum atomic E-state index is 13.2. The van der Waals surface area contributed by atoms with Crippen molar-refractivity contribution in [2.45, 2.75) is 25.3 Å². The van der Waals surface area contributed by atoms with Crippen molar-refractivity contribution in [1.82, 2.24) is 9.91 Å². The van der Waals surface area contributed by atoms with Gasteiger partial charge in [-0.05, 0) is 42.0 Å². The van der Waals surface area contributed by atoms with E-state index in [1.165, 1.54) is 9.91 Å². The van der Waals surface area contributed by atoms with Gasteiger partial charge in [-0.2, -0.15) is 5.10 Å². The highest BCUT2D eigenvalue weighted by Gasteiger charge is 2.37. The molecule has 1 atom stereocenters. The number of methoxy groups -OCH3 is 2. The number of hydrogen-bond acceptors (Lipinski definition) is 6. The average Bonchev–Trinajstić information content (AvgIpc) is 3.27. The van der Waals surface area contributed by atoms with Crippen molar-refractivity contribution >= 4 is 28.9 Å². The number of likely N-dealkylation sites (N-methyl/N-ethyl adjacent to an activating group) is 1. The van der Waals surface area contributed by atoms with Gasteiger partial charge in [0, 0.05) is 19.4 Å². The van der Waals surface area contributed by atoms with Gasteiger partial charge in [0.1, 0.15) is 6.54 Å². The Balaban J connectivity index is 1.61. The van der Waals surface area contributed by atoms with Crippen molar-refractivity contribution < 1.29 is 19.1 Å². The van der Waals surface area contributed by atoms with Gasteiger partial charge in [0.2, 0.25) is 5.91 Å². The van der Waals surface area contributed by atoms with Crippen LogP contribution in [0.2, 0.25) is 0 Å². The molecular weight excluding hydrogens is 402 g/mol. The highest BCUT2D eigenvalue weighted by atomic mass is 32.1. The predicted molar refractivity (Wildman–Crippen MR) is 115 cm³/mol. The number of thiophene rings is 1. The quantitative estimate of drug-likeness (QED) is 0.680. The molecule has 1 saturated carbocycles. The molecule has 0 spiro atoms. The molecule has 1 fully saturated rings. The fourth-order valence-corrected chi connectivity index (χ4v) is 4.37. The second kappa shape index (κ2) is 8.47. The smallest absolute Gasteiger partial charge is 0.262 e. The van der Waals surface area contributed by atoms with Crippen molar-refractivity contribution in [3.05, 3.63) is 46.2 Å². The summed E-state index contributed by atoms with van der Waals surface area (Å²) < 4.78 is 10.8. The van der Waals surface area contributed by atoms with E-state index in [2.05, 4.69) is 5.10 Å². The Morgan fingerprint density at radius 3 is 2.60 bits per heavy atom. The number of carbonyl (C=O) groups is 2. The number of carbonyl (C=O) groups excluding carboxylic acids is 2. The summed E-state index contributed by atoms with van der Waals surface area (Å²) >= 11 is 1.60. The minimum absolute atomic E-state index is 0.0142. The molecule has 4 rings (SSSR count). The second-order valence-electron chi connectivity index (χ2n) is 7.57. The zero-order chi connectivity index (χ0) is 21.3. The van der Waals surface area contributed by atoms with E-state index in [0.29, 0.717) is 17.9 Å². The van der Waals surface area contributed by atoms with Crippen molar-refractivity contribution in [2.24, 2.45) is 11.0 Å². The van der Waals surface area contributed by atoms with Crippen molar-refractivity contribution in [3.8, 4) is 11.5 Å². The average molecular weight is 428 g/mol. The Morgan fingerprint density at radius 1 is 1.20 bits per heavy atom. The largest absolute Gasteiger partial charge is 0.493 e. The van der Waals surface area contributed by atoms with Crippen LogP contribution in [0.5, 0.6) is 11.5 Å². The van der Waals surface area contributed by atoms with Crippen LogP contribution >= 0.6 is 11.3 Å². The molecular formula is C22H25N3O4S. The standard InChI is InChI=1S/C22H25N3O4S/c1-24(22(27)14-6-7-14)13-21(26)25-17(12-16(23-25)20-5-4-10-30-20)15-8-9-18(28-2)19(11-15)29-3/h4-5,8-11,14,17H,6-7,12-13H2,1-3H3. The van der Waals surface area contributed by atoms with Crippen LogP contribution in [0, 0.1) is 5.92 Å². The van der Waals surface area contributed by atoms with Gasteiger partial charge in [-0.25, -0.2) is 5.01 Å². The zero-order valence-electron chi connectivity index (χ0n) is 17.3. The van der Waals surface area contributed by atoms with Crippen molar-refractivity contribution in [2.75, 3.05) is 27.8 Å². The number of hydrazone groups is 1. The molecule has 0 N–H and O–H groups in total. The Kier molecular flexibility index (Phi) is 5.76. The molecule has 7 nitrogen and oxygen atoms in total. The van der Waals surface area contributed by atoms with E-state index in [9.17, 15) is 9.59 Å². The molecule has 2 aromatic rings. The summed E-state index contributed by atoms with van der Waals surface area (Å²) in [6, 6.07) is 9.36. The van der Waals surface area contributed by atoms with Crippen LogP contribution in [0.4, 0.5) is 0 Å². The summed E-state index contributed by atoms with van der Waals surface area (Å²) in [5.74, 6) is 1.15. The number of ether oxygens (including phenoxy) is 2. The first-order valence-corrected chi connectivity index (χ1v) is 10.8. The fourth-order valence-electron chi connectivity index (χ4n) is 3.65. The molecule has 1 aromatic carbocycles. The summed E-state index contributed by atoms with van der Waals surface area (Å²) in [5.41, 5.74) is 1.78. The molecule has 1 unspecified atom stereocenters. The molecule has 0 saturated heterocycles. The van der Waals surface area contributed by atoms with Crippen molar-refractivity contribution in [1.29, 1.82) is 0 Å². The van der Waals surface area contributed by atoms with Gasteiger partial charge in [-0.3, -0.25) is 9.59 Å². The molecule has 1 aliphatic carbocycles. The van der Waals surface area contributed by atoms with Crippen LogP contribution in [0.3, 0.4) is 0 Å². The van der Waals surface area contributed by atoms with Gasteiger partial charge in [-0.1, -0.05) is 12.1 Å². The first-order chi connectivity index (χ1) is 14.5. The summed E-state index contributed by atoms with van der Waals surface area (Å²) in [4.78, 5) is 28.0. The van der Waals surface area contributed by atoms with E-state index >= 15 is 0 Å². The number of rotatable bonds is 7. The summed E-state index contributed by atoms with van der Waals surface area (Å²) in [5, 5.41) is 8.18. The van der Waals surface area contributed by atoms with Crippen molar-refractivity contribution in [3.63, 3.8) is 0 Å². The molecule has 1 aromatic heterocycles. The monoisotopic (exact) mass is 427 g/mol. The number of hydrogen-bond donors (Lipinski definition) is 0. The minimum Gasteiger partial charge on any atom is -0.493 e. The van der Waals surface area contributed by atoms with Crippen LogP contribution in [0.15, 0.2) is 40.8 Å². The van der Waals surface area contributed by atoms with E-state index in [4.69, 9.17) is 9.47 Å². The lowest BCUT2D eigenvalue weighted by Gasteiger charge is -2.25. The Labute approximate surface area is 179 Å². The van der Waals surface area contributed by atoms with E-state index in [1.807, 2.05) is 35.7 Å². The lowest BCUT2D eigenvalue weighted by atomic mass is 10.0. The van der Waals surface area contributed by atoms with Gasteiger partial charge in [0.15, 0.2) is 11.5 Å². The van der Waals surface area contributed by atoms with Crippen LogP contribution in [0.25, 0.3) is 0 Å². The summed E-state index contributed by atoms with van der Waals surface area (Å²) in [6.07, 6.45) is 2.42.